The third-order valence-electron chi connectivity index (χ3n) is 5.86. The normalized spacial score (nSPS) is 21.5. The molecule has 150 valence electrons. The van der Waals surface area contributed by atoms with Crippen LogP contribution in [0.15, 0.2) is 36.5 Å². The van der Waals surface area contributed by atoms with Crippen LogP contribution in [0.1, 0.15) is 41.7 Å². The molecule has 6 heteroatoms. The van der Waals surface area contributed by atoms with Crippen molar-refractivity contribution in [2.45, 2.75) is 38.6 Å². The summed E-state index contributed by atoms with van der Waals surface area (Å²) in [5.41, 5.74) is 2.65. The number of piperidine rings is 1. The third kappa shape index (κ3) is 4.28. The lowest BCUT2D eigenvalue weighted by Gasteiger charge is -2.35. The zero-order valence-electron chi connectivity index (χ0n) is 16.7. The van der Waals surface area contributed by atoms with E-state index in [9.17, 15) is 4.79 Å². The highest BCUT2D eigenvalue weighted by molar-refractivity contribution is 7.99. The molecule has 2 aliphatic rings. The summed E-state index contributed by atoms with van der Waals surface area (Å²) in [5.74, 6) is 2.32. The average Bonchev–Trinajstić information content (AvgIpc) is 2.97. The van der Waals surface area contributed by atoms with Crippen molar-refractivity contribution in [3.8, 4) is 5.69 Å². The molecule has 0 N–H and O–H groups in total. The van der Waals surface area contributed by atoms with Gasteiger partial charge in [-0.2, -0.15) is 16.9 Å². The number of benzene rings is 1. The van der Waals surface area contributed by atoms with Crippen molar-refractivity contribution in [3.05, 3.63) is 47.8 Å². The maximum Gasteiger partial charge on any atom is 0.257 e. The molecule has 3 heterocycles. The molecular weight excluding hydrogens is 368 g/mol. The standard InChI is InChI=1S/C22H30N4OS/c1-18-21(15-23-26(18)19-9-4-2-5-10-19)22(27)25-13-8-14-28-17-20(25)16-24-11-6-3-7-12-24/h2,4-5,9-10,15,20H,3,6-8,11-14,16-17H2,1H3/t20-/m0/s1. The average molecular weight is 399 g/mol. The lowest BCUT2D eigenvalue weighted by atomic mass is 10.1. The van der Waals surface area contributed by atoms with E-state index in [4.69, 9.17) is 0 Å². The van der Waals surface area contributed by atoms with E-state index in [0.717, 1.165) is 48.0 Å². The van der Waals surface area contributed by atoms with Gasteiger partial charge in [-0.25, -0.2) is 4.68 Å². The van der Waals surface area contributed by atoms with Crippen LogP contribution in [0.2, 0.25) is 0 Å². The van der Waals surface area contributed by atoms with Gasteiger partial charge in [0.25, 0.3) is 5.91 Å². The first-order valence-corrected chi connectivity index (χ1v) is 11.6. The third-order valence-corrected chi connectivity index (χ3v) is 7.06. The summed E-state index contributed by atoms with van der Waals surface area (Å²) in [4.78, 5) is 18.2. The lowest BCUT2D eigenvalue weighted by molar-refractivity contribution is 0.0645. The van der Waals surface area contributed by atoms with Crippen molar-refractivity contribution in [3.63, 3.8) is 0 Å². The van der Waals surface area contributed by atoms with Gasteiger partial charge in [-0.15, -0.1) is 0 Å². The number of likely N-dealkylation sites (tertiary alicyclic amines) is 1. The van der Waals surface area contributed by atoms with Gasteiger partial charge in [-0.05, 0) is 57.2 Å². The Morgan fingerprint density at radius 2 is 1.89 bits per heavy atom. The minimum Gasteiger partial charge on any atom is -0.333 e. The Morgan fingerprint density at radius 3 is 2.68 bits per heavy atom. The summed E-state index contributed by atoms with van der Waals surface area (Å²) < 4.78 is 1.87. The summed E-state index contributed by atoms with van der Waals surface area (Å²) >= 11 is 1.99. The molecule has 28 heavy (non-hydrogen) atoms. The number of nitrogens with zero attached hydrogens (tertiary/aromatic N) is 4. The van der Waals surface area contributed by atoms with Crippen LogP contribution in [0.5, 0.6) is 0 Å². The maximum atomic E-state index is 13.5. The molecule has 1 atom stereocenters. The zero-order chi connectivity index (χ0) is 19.3. The fourth-order valence-corrected chi connectivity index (χ4v) is 5.35. The summed E-state index contributed by atoms with van der Waals surface area (Å²) in [6, 6.07) is 10.3. The highest BCUT2D eigenvalue weighted by Gasteiger charge is 2.30. The number of carbonyl (C=O) groups is 1. The molecule has 1 aromatic carbocycles. The SMILES string of the molecule is Cc1c(C(=O)N2CCCSC[C@@H]2CN2CCCCC2)cnn1-c1ccccc1. The van der Waals surface area contributed by atoms with Crippen LogP contribution < -0.4 is 0 Å². The molecule has 5 nitrogen and oxygen atoms in total. The van der Waals surface area contributed by atoms with Gasteiger partial charge in [0, 0.05) is 18.8 Å². The number of para-hydroxylation sites is 1. The molecule has 1 aromatic heterocycles. The quantitative estimate of drug-likeness (QED) is 0.789. The molecule has 2 fully saturated rings. The van der Waals surface area contributed by atoms with Crippen molar-refractivity contribution in [1.82, 2.24) is 19.6 Å². The molecule has 2 aromatic rings. The van der Waals surface area contributed by atoms with Crippen molar-refractivity contribution >= 4 is 17.7 Å². The molecule has 0 unspecified atom stereocenters. The topological polar surface area (TPSA) is 41.4 Å². The molecule has 0 radical (unpaired) electrons. The smallest absolute Gasteiger partial charge is 0.257 e. The van der Waals surface area contributed by atoms with E-state index in [1.807, 2.05) is 53.7 Å². The minimum absolute atomic E-state index is 0.143. The van der Waals surface area contributed by atoms with E-state index < -0.39 is 0 Å². The second-order valence-corrected chi connectivity index (χ2v) is 8.98. The zero-order valence-corrected chi connectivity index (χ0v) is 17.5. The van der Waals surface area contributed by atoms with E-state index in [2.05, 4.69) is 14.9 Å². The number of hydrogen-bond donors (Lipinski definition) is 0. The summed E-state index contributed by atoms with van der Waals surface area (Å²) in [6.07, 6.45) is 6.74. The molecule has 4 rings (SSSR count). The molecule has 0 spiro atoms. The van der Waals surface area contributed by atoms with Crippen molar-refractivity contribution < 1.29 is 4.79 Å². The fraction of sp³-hybridized carbons (Fsp3) is 0.545. The lowest BCUT2D eigenvalue weighted by Crippen LogP contribution is -2.49. The summed E-state index contributed by atoms with van der Waals surface area (Å²) in [7, 11) is 0. The van der Waals surface area contributed by atoms with Crippen LogP contribution in [-0.4, -0.2) is 69.2 Å². The van der Waals surface area contributed by atoms with Crippen LogP contribution in [0.25, 0.3) is 5.69 Å². The van der Waals surface area contributed by atoms with Crippen molar-refractivity contribution in [1.29, 1.82) is 0 Å². The molecule has 1 amide bonds. The Bertz CT molecular complexity index is 785. The van der Waals surface area contributed by atoms with E-state index in [-0.39, 0.29) is 11.9 Å². The molecule has 2 aliphatic heterocycles. The predicted octanol–water partition coefficient (Wildman–Crippen LogP) is 3.61. The Labute approximate surface area is 172 Å². The van der Waals surface area contributed by atoms with Gasteiger partial charge in [-0.3, -0.25) is 4.79 Å². The molecular formula is C22H30N4OS. The largest absolute Gasteiger partial charge is 0.333 e. The Hall–Kier alpha value is -1.79. The van der Waals surface area contributed by atoms with Crippen molar-refractivity contribution in [2.24, 2.45) is 0 Å². The highest BCUT2D eigenvalue weighted by atomic mass is 32.2. The number of hydrogen-bond acceptors (Lipinski definition) is 4. The number of carbonyl (C=O) groups excluding carboxylic acids is 1. The van der Waals surface area contributed by atoms with Crippen LogP contribution in [-0.2, 0) is 0 Å². The van der Waals surface area contributed by atoms with Gasteiger partial charge in [0.15, 0.2) is 0 Å². The first-order valence-electron chi connectivity index (χ1n) is 10.4. The molecule has 0 bridgehead atoms. The van der Waals surface area contributed by atoms with E-state index in [1.54, 1.807) is 6.20 Å². The van der Waals surface area contributed by atoms with Crippen LogP contribution >= 0.6 is 11.8 Å². The van der Waals surface area contributed by atoms with Crippen molar-refractivity contribution in [2.75, 3.05) is 37.7 Å². The van der Waals surface area contributed by atoms with Crippen LogP contribution in [0.4, 0.5) is 0 Å². The van der Waals surface area contributed by atoms with Gasteiger partial charge < -0.3 is 9.80 Å². The maximum absolute atomic E-state index is 13.5. The van der Waals surface area contributed by atoms with Crippen LogP contribution in [0.3, 0.4) is 0 Å². The number of rotatable bonds is 4. The van der Waals surface area contributed by atoms with Gasteiger partial charge in [0.05, 0.1) is 29.2 Å². The molecule has 0 saturated carbocycles. The summed E-state index contributed by atoms with van der Waals surface area (Å²) in [6.45, 7) is 6.20. The second-order valence-electron chi connectivity index (χ2n) is 7.83. The van der Waals surface area contributed by atoms with E-state index in [0.29, 0.717) is 0 Å². The summed E-state index contributed by atoms with van der Waals surface area (Å²) in [5, 5.41) is 4.52. The van der Waals surface area contributed by atoms with Gasteiger partial charge in [0.1, 0.15) is 0 Å². The Balaban J connectivity index is 1.55. The Kier molecular flexibility index (Phi) is 6.37. The monoisotopic (exact) mass is 398 g/mol. The second kappa shape index (κ2) is 9.14. The number of aromatic nitrogens is 2. The number of thioether (sulfide) groups is 1. The minimum atomic E-state index is 0.143. The van der Waals surface area contributed by atoms with Gasteiger partial charge in [0.2, 0.25) is 0 Å². The van der Waals surface area contributed by atoms with E-state index >= 15 is 0 Å². The Morgan fingerprint density at radius 1 is 1.11 bits per heavy atom. The van der Waals surface area contributed by atoms with Crippen LogP contribution in [0, 0.1) is 6.92 Å². The highest BCUT2D eigenvalue weighted by Crippen LogP contribution is 2.23. The number of amides is 1. The van der Waals surface area contributed by atoms with Gasteiger partial charge in [-0.1, -0.05) is 24.6 Å². The predicted molar refractivity (Wildman–Crippen MR) is 115 cm³/mol. The first-order chi connectivity index (χ1) is 13.7. The molecule has 0 aliphatic carbocycles. The van der Waals surface area contributed by atoms with Gasteiger partial charge >= 0.3 is 0 Å². The molecule has 2 saturated heterocycles. The van der Waals surface area contributed by atoms with E-state index in [1.165, 1.54) is 32.4 Å². The fourth-order valence-electron chi connectivity index (χ4n) is 4.29. The first kappa shape index (κ1) is 19.5.